The Bertz CT molecular complexity index is 1230. The molecule has 0 spiro atoms. The van der Waals surface area contributed by atoms with E-state index in [0.717, 1.165) is 22.0 Å². The standard InChI is InChI=1S/C22H18F3N5O/c1-30-20-13-26-11-18(19(20)12-27-30)15-5-7-16(8-6-15)28-21(31)29-17-4-2-3-14(9-17)10-22(23,24)25/h2-9,11-13H,10H2,1H3,(H2,28,29,31). The lowest BCUT2D eigenvalue weighted by atomic mass is 10.0. The monoisotopic (exact) mass is 425 g/mol. The third-order valence-corrected chi connectivity index (χ3v) is 4.72. The molecule has 31 heavy (non-hydrogen) atoms. The maximum absolute atomic E-state index is 12.6. The van der Waals surface area contributed by atoms with Gasteiger partial charge in [0, 0.05) is 35.6 Å². The number of carbonyl (C=O) groups excluding carboxylic acids is 1. The molecule has 6 nitrogen and oxygen atoms in total. The van der Waals surface area contributed by atoms with Crippen molar-refractivity contribution in [3.8, 4) is 11.1 Å². The fourth-order valence-corrected chi connectivity index (χ4v) is 3.31. The lowest BCUT2D eigenvalue weighted by Crippen LogP contribution is -2.19. The molecule has 2 heterocycles. The van der Waals surface area contributed by atoms with Crippen molar-refractivity contribution in [1.29, 1.82) is 0 Å². The average molecular weight is 425 g/mol. The molecule has 0 saturated heterocycles. The minimum Gasteiger partial charge on any atom is -0.308 e. The second-order valence-corrected chi connectivity index (χ2v) is 7.04. The van der Waals surface area contributed by atoms with E-state index in [9.17, 15) is 18.0 Å². The highest BCUT2D eigenvalue weighted by atomic mass is 19.4. The topological polar surface area (TPSA) is 71.8 Å². The van der Waals surface area contributed by atoms with Gasteiger partial charge in [-0.05, 0) is 35.4 Å². The van der Waals surface area contributed by atoms with E-state index in [1.807, 2.05) is 19.2 Å². The van der Waals surface area contributed by atoms with Gasteiger partial charge in [0.1, 0.15) is 0 Å². The van der Waals surface area contributed by atoms with Gasteiger partial charge in [0.15, 0.2) is 0 Å². The van der Waals surface area contributed by atoms with Gasteiger partial charge in [-0.3, -0.25) is 9.67 Å². The Morgan fingerprint density at radius 2 is 1.74 bits per heavy atom. The highest BCUT2D eigenvalue weighted by molar-refractivity contribution is 6.00. The Hall–Kier alpha value is -3.88. The van der Waals surface area contributed by atoms with Crippen LogP contribution in [0.2, 0.25) is 0 Å². The van der Waals surface area contributed by atoms with E-state index in [2.05, 4.69) is 20.7 Å². The SMILES string of the molecule is Cn1ncc2c(-c3ccc(NC(=O)Nc4cccc(CC(F)(F)F)c4)cc3)cncc21. The van der Waals surface area contributed by atoms with E-state index >= 15 is 0 Å². The molecule has 0 radical (unpaired) electrons. The molecule has 0 aliphatic carbocycles. The normalized spacial score (nSPS) is 11.5. The number of pyridine rings is 1. The summed E-state index contributed by atoms with van der Waals surface area (Å²) in [5.41, 5.74) is 3.64. The largest absolute Gasteiger partial charge is 0.393 e. The number of alkyl halides is 3. The number of aromatic nitrogens is 3. The van der Waals surface area contributed by atoms with Crippen molar-refractivity contribution in [3.63, 3.8) is 0 Å². The van der Waals surface area contributed by atoms with Gasteiger partial charge >= 0.3 is 12.2 Å². The second kappa shape index (κ2) is 8.10. The Labute approximate surface area is 175 Å². The van der Waals surface area contributed by atoms with Crippen molar-refractivity contribution < 1.29 is 18.0 Å². The van der Waals surface area contributed by atoms with Crippen LogP contribution in [0.1, 0.15) is 5.56 Å². The Morgan fingerprint density at radius 3 is 2.48 bits per heavy atom. The van der Waals surface area contributed by atoms with Crippen molar-refractivity contribution in [3.05, 3.63) is 72.7 Å². The number of amides is 2. The quantitative estimate of drug-likeness (QED) is 0.461. The first-order chi connectivity index (χ1) is 14.8. The number of nitrogens with zero attached hydrogens (tertiary/aromatic N) is 3. The highest BCUT2D eigenvalue weighted by Crippen LogP contribution is 2.28. The van der Waals surface area contributed by atoms with Gasteiger partial charge in [-0.25, -0.2) is 4.79 Å². The summed E-state index contributed by atoms with van der Waals surface area (Å²) in [7, 11) is 1.85. The summed E-state index contributed by atoms with van der Waals surface area (Å²) in [6.07, 6.45) is -0.0792. The summed E-state index contributed by atoms with van der Waals surface area (Å²) in [5, 5.41) is 10.4. The molecule has 0 atom stereocenters. The minimum atomic E-state index is -4.31. The Balaban J connectivity index is 1.44. The van der Waals surface area contributed by atoms with Crippen LogP contribution in [0.15, 0.2) is 67.1 Å². The molecule has 2 amide bonds. The fourth-order valence-electron chi connectivity index (χ4n) is 3.31. The molecule has 0 bridgehead atoms. The lowest BCUT2D eigenvalue weighted by molar-refractivity contribution is -0.127. The summed E-state index contributed by atoms with van der Waals surface area (Å²) in [5.74, 6) is 0. The smallest absolute Gasteiger partial charge is 0.308 e. The van der Waals surface area contributed by atoms with E-state index < -0.39 is 18.6 Å². The van der Waals surface area contributed by atoms with E-state index in [1.54, 1.807) is 35.4 Å². The average Bonchev–Trinajstić information content (AvgIpc) is 3.09. The van der Waals surface area contributed by atoms with Gasteiger partial charge < -0.3 is 10.6 Å². The van der Waals surface area contributed by atoms with Gasteiger partial charge in [0.2, 0.25) is 0 Å². The zero-order valence-electron chi connectivity index (χ0n) is 16.4. The molecule has 2 aromatic heterocycles. The van der Waals surface area contributed by atoms with Crippen molar-refractivity contribution in [1.82, 2.24) is 14.8 Å². The summed E-state index contributed by atoms with van der Waals surface area (Å²) >= 11 is 0. The number of aryl methyl sites for hydroxylation is 1. The summed E-state index contributed by atoms with van der Waals surface area (Å²) in [4.78, 5) is 16.5. The number of carbonyl (C=O) groups is 1. The molecule has 0 aliphatic rings. The van der Waals surface area contributed by atoms with Crippen molar-refractivity contribution in [2.75, 3.05) is 10.6 Å². The number of anilines is 2. The van der Waals surface area contributed by atoms with E-state index in [-0.39, 0.29) is 11.3 Å². The third kappa shape index (κ3) is 4.82. The zero-order chi connectivity index (χ0) is 22.0. The minimum absolute atomic E-state index is 0.0767. The van der Waals surface area contributed by atoms with Gasteiger partial charge in [-0.1, -0.05) is 24.3 Å². The number of halogens is 3. The number of rotatable bonds is 4. The van der Waals surface area contributed by atoms with Crippen LogP contribution in [0.5, 0.6) is 0 Å². The number of benzene rings is 2. The second-order valence-electron chi connectivity index (χ2n) is 7.04. The number of nitrogens with one attached hydrogen (secondary N) is 2. The predicted molar refractivity (Wildman–Crippen MR) is 113 cm³/mol. The number of hydrogen-bond donors (Lipinski definition) is 2. The molecular weight excluding hydrogens is 407 g/mol. The number of fused-ring (bicyclic) bond motifs is 1. The molecule has 2 N–H and O–H groups in total. The predicted octanol–water partition coefficient (Wildman–Crippen LogP) is 5.38. The zero-order valence-corrected chi connectivity index (χ0v) is 16.4. The van der Waals surface area contributed by atoms with E-state index in [0.29, 0.717) is 5.69 Å². The highest BCUT2D eigenvalue weighted by Gasteiger charge is 2.27. The third-order valence-electron chi connectivity index (χ3n) is 4.72. The Kier molecular flexibility index (Phi) is 5.33. The van der Waals surface area contributed by atoms with Crippen LogP contribution in [0.25, 0.3) is 22.0 Å². The van der Waals surface area contributed by atoms with Crippen molar-refractivity contribution >= 4 is 28.3 Å². The van der Waals surface area contributed by atoms with Gasteiger partial charge in [-0.15, -0.1) is 0 Å². The van der Waals surface area contributed by atoms with Crippen LogP contribution >= 0.6 is 0 Å². The molecule has 4 rings (SSSR count). The summed E-state index contributed by atoms with van der Waals surface area (Å²) < 4.78 is 39.4. The van der Waals surface area contributed by atoms with Gasteiger partial charge in [0.25, 0.3) is 0 Å². The van der Waals surface area contributed by atoms with Gasteiger partial charge in [0.05, 0.1) is 24.3 Å². The van der Waals surface area contributed by atoms with Crippen LogP contribution in [0.4, 0.5) is 29.3 Å². The molecule has 0 saturated carbocycles. The van der Waals surface area contributed by atoms with E-state index in [4.69, 9.17) is 0 Å². The molecule has 4 aromatic rings. The maximum atomic E-state index is 12.6. The first kappa shape index (κ1) is 20.4. The van der Waals surface area contributed by atoms with Crippen LogP contribution in [-0.2, 0) is 13.5 Å². The first-order valence-electron chi connectivity index (χ1n) is 9.38. The van der Waals surface area contributed by atoms with Crippen LogP contribution < -0.4 is 10.6 Å². The van der Waals surface area contributed by atoms with E-state index in [1.165, 1.54) is 24.3 Å². The Morgan fingerprint density at radius 1 is 1.00 bits per heavy atom. The van der Waals surface area contributed by atoms with Crippen LogP contribution in [0, 0.1) is 0 Å². The molecule has 2 aromatic carbocycles. The molecule has 0 aliphatic heterocycles. The molecule has 9 heteroatoms. The summed E-state index contributed by atoms with van der Waals surface area (Å²) in [6.45, 7) is 0. The van der Waals surface area contributed by atoms with Crippen LogP contribution in [-0.4, -0.2) is 27.0 Å². The molecule has 0 fully saturated rings. The molecule has 158 valence electrons. The fraction of sp³-hybridized carbons (Fsp3) is 0.136. The van der Waals surface area contributed by atoms with Gasteiger partial charge in [-0.2, -0.15) is 18.3 Å². The summed E-state index contributed by atoms with van der Waals surface area (Å²) in [6, 6.07) is 12.3. The maximum Gasteiger partial charge on any atom is 0.393 e. The number of urea groups is 1. The first-order valence-corrected chi connectivity index (χ1v) is 9.38. The molecular formula is C22H18F3N5O. The lowest BCUT2D eigenvalue weighted by Gasteiger charge is -2.11. The van der Waals surface area contributed by atoms with Crippen molar-refractivity contribution in [2.45, 2.75) is 12.6 Å². The van der Waals surface area contributed by atoms with Crippen LogP contribution in [0.3, 0.4) is 0 Å². The van der Waals surface area contributed by atoms with Crippen molar-refractivity contribution in [2.24, 2.45) is 7.05 Å². The number of hydrogen-bond acceptors (Lipinski definition) is 3. The molecule has 0 unspecified atom stereocenters.